The Morgan fingerprint density at radius 3 is 2.35 bits per heavy atom. The molecule has 0 aliphatic heterocycles. The zero-order chi connectivity index (χ0) is 12.1. The Hall–Kier alpha value is -1.11. The van der Waals surface area contributed by atoms with Crippen LogP contribution in [0.5, 0.6) is 0 Å². The van der Waals surface area contributed by atoms with Gasteiger partial charge in [0.25, 0.3) is 0 Å². The fourth-order valence-electron chi connectivity index (χ4n) is 2.12. The van der Waals surface area contributed by atoms with Crippen LogP contribution in [0.1, 0.15) is 30.1 Å². The van der Waals surface area contributed by atoms with Gasteiger partial charge in [0.15, 0.2) is 5.78 Å². The number of carbonyl (C=O) groups excluding carboxylic acids is 1. The van der Waals surface area contributed by atoms with Crippen LogP contribution in [0.4, 0.5) is 0 Å². The van der Waals surface area contributed by atoms with Crippen molar-refractivity contribution in [1.29, 1.82) is 0 Å². The molecule has 0 bridgehead atoms. The van der Waals surface area contributed by atoms with Gasteiger partial charge in [-0.05, 0) is 37.5 Å². The van der Waals surface area contributed by atoms with Crippen molar-refractivity contribution in [1.82, 2.24) is 0 Å². The number of ketones is 1. The van der Waals surface area contributed by atoms with Crippen LogP contribution in [0.2, 0.25) is 0 Å². The fourth-order valence-corrected chi connectivity index (χ4v) is 2.12. The molecule has 5 radical (unpaired) electrons. The number of carbonyl (C=O) groups is 1. The van der Waals surface area contributed by atoms with Gasteiger partial charge in [-0.3, -0.25) is 4.79 Å². The van der Waals surface area contributed by atoms with Crippen LogP contribution < -0.4 is 0 Å². The lowest BCUT2D eigenvalue weighted by Crippen LogP contribution is -2.15. The first-order chi connectivity index (χ1) is 8.31. The van der Waals surface area contributed by atoms with E-state index in [0.717, 1.165) is 12.0 Å². The highest BCUT2D eigenvalue weighted by molar-refractivity contribution is 5.96. The van der Waals surface area contributed by atoms with Crippen LogP contribution in [0.25, 0.3) is 0 Å². The molecule has 2 rings (SSSR count). The second kappa shape index (κ2) is 6.00. The van der Waals surface area contributed by atoms with Crippen LogP contribution in [0, 0.1) is 37.5 Å². The summed E-state index contributed by atoms with van der Waals surface area (Å²) in [7, 11) is 0. The normalized spacial score (nSPS) is 18.2. The summed E-state index contributed by atoms with van der Waals surface area (Å²) < 4.78 is 0. The summed E-state index contributed by atoms with van der Waals surface area (Å²) in [6, 6.07) is 9.54. The first kappa shape index (κ1) is 12.3. The number of hydrogen-bond donors (Lipinski definition) is 0. The molecular formula is C16H17O. The highest BCUT2D eigenvalue weighted by Gasteiger charge is 2.27. The first-order valence-corrected chi connectivity index (χ1v) is 6.11. The van der Waals surface area contributed by atoms with E-state index in [-0.39, 0.29) is 5.78 Å². The Labute approximate surface area is 104 Å². The van der Waals surface area contributed by atoms with E-state index in [2.05, 4.69) is 19.8 Å². The number of Topliss-reactive ketones (excluding diaryl/α,β-unsaturated/α-hetero) is 1. The lowest BCUT2D eigenvalue weighted by molar-refractivity contribution is 0.0964. The Bertz CT molecular complexity index is 349. The summed E-state index contributed by atoms with van der Waals surface area (Å²) in [6.07, 6.45) is 9.88. The number of rotatable bonds is 5. The van der Waals surface area contributed by atoms with Crippen molar-refractivity contribution in [2.75, 3.05) is 0 Å². The molecule has 1 aliphatic rings. The lowest BCUT2D eigenvalue weighted by atomic mass is 9.84. The molecular weight excluding hydrogens is 208 g/mol. The summed E-state index contributed by atoms with van der Waals surface area (Å²) >= 11 is 0. The molecule has 1 heteroatoms. The van der Waals surface area contributed by atoms with Gasteiger partial charge in [0.05, 0.1) is 0 Å². The van der Waals surface area contributed by atoms with Crippen LogP contribution in [0.15, 0.2) is 30.3 Å². The minimum atomic E-state index is 0.235. The van der Waals surface area contributed by atoms with Crippen molar-refractivity contribution in [3.05, 3.63) is 67.5 Å². The molecule has 1 nitrogen and oxygen atoms in total. The van der Waals surface area contributed by atoms with Crippen molar-refractivity contribution in [2.24, 2.45) is 5.92 Å². The van der Waals surface area contributed by atoms with Crippen molar-refractivity contribution in [3.63, 3.8) is 0 Å². The Kier molecular flexibility index (Phi) is 4.36. The van der Waals surface area contributed by atoms with Gasteiger partial charge in [0.2, 0.25) is 0 Å². The lowest BCUT2D eigenvalue weighted by Gasteiger charge is -2.20. The Morgan fingerprint density at radius 1 is 1.12 bits per heavy atom. The third-order valence-electron chi connectivity index (χ3n) is 3.18. The molecule has 87 valence electrons. The van der Waals surface area contributed by atoms with Gasteiger partial charge in [0.1, 0.15) is 0 Å². The van der Waals surface area contributed by atoms with Gasteiger partial charge in [-0.2, -0.15) is 0 Å². The zero-order valence-corrected chi connectivity index (χ0v) is 10.1. The van der Waals surface area contributed by atoms with E-state index < -0.39 is 0 Å². The van der Waals surface area contributed by atoms with Crippen LogP contribution in [-0.4, -0.2) is 5.78 Å². The minimum Gasteiger partial charge on any atom is -0.294 e. The largest absolute Gasteiger partial charge is 0.294 e. The monoisotopic (exact) mass is 225 g/mol. The zero-order valence-electron chi connectivity index (χ0n) is 10.1. The maximum absolute atomic E-state index is 12.1. The third-order valence-corrected chi connectivity index (χ3v) is 3.18. The van der Waals surface area contributed by atoms with Gasteiger partial charge in [-0.1, -0.05) is 43.7 Å². The summed E-state index contributed by atoms with van der Waals surface area (Å²) in [4.78, 5) is 12.1. The van der Waals surface area contributed by atoms with Crippen molar-refractivity contribution >= 4 is 5.78 Å². The van der Waals surface area contributed by atoms with E-state index in [1.165, 1.54) is 5.92 Å². The van der Waals surface area contributed by atoms with E-state index in [0.29, 0.717) is 12.3 Å². The molecule has 1 aliphatic carbocycles. The van der Waals surface area contributed by atoms with Gasteiger partial charge < -0.3 is 0 Å². The molecule has 1 unspecified atom stereocenters. The molecule has 1 saturated carbocycles. The van der Waals surface area contributed by atoms with E-state index in [1.807, 2.05) is 43.2 Å². The van der Waals surface area contributed by atoms with Gasteiger partial charge in [-0.15, -0.1) is 0 Å². The summed E-state index contributed by atoms with van der Waals surface area (Å²) in [5.74, 6) is 1.85. The first-order valence-electron chi connectivity index (χ1n) is 6.11. The molecule has 0 aromatic heterocycles. The van der Waals surface area contributed by atoms with Crippen molar-refractivity contribution in [2.45, 2.75) is 19.8 Å². The number of hydrogen-bond acceptors (Lipinski definition) is 1. The molecule has 1 aromatic rings. The molecule has 0 saturated heterocycles. The van der Waals surface area contributed by atoms with Gasteiger partial charge in [-0.25, -0.2) is 0 Å². The molecule has 0 heterocycles. The van der Waals surface area contributed by atoms with Crippen LogP contribution in [-0.2, 0) is 0 Å². The number of benzene rings is 1. The molecule has 1 fully saturated rings. The Morgan fingerprint density at radius 2 is 1.76 bits per heavy atom. The predicted octanol–water partition coefficient (Wildman–Crippen LogP) is 3.69. The van der Waals surface area contributed by atoms with E-state index in [9.17, 15) is 4.79 Å². The fraction of sp³-hybridized carbons (Fsp3) is 0.250. The van der Waals surface area contributed by atoms with E-state index >= 15 is 0 Å². The maximum atomic E-state index is 12.1. The van der Waals surface area contributed by atoms with Crippen LogP contribution in [0.3, 0.4) is 0 Å². The topological polar surface area (TPSA) is 17.1 Å². The maximum Gasteiger partial charge on any atom is 0.163 e. The Balaban J connectivity index is 1.96. The summed E-state index contributed by atoms with van der Waals surface area (Å²) in [6.45, 7) is 2.13. The smallest absolute Gasteiger partial charge is 0.163 e. The van der Waals surface area contributed by atoms with Gasteiger partial charge >= 0.3 is 0 Å². The molecule has 1 aromatic carbocycles. The average Bonchev–Trinajstić information content (AvgIpc) is 2.90. The molecule has 0 spiro atoms. The molecule has 0 amide bonds. The van der Waals surface area contributed by atoms with E-state index in [4.69, 9.17) is 0 Å². The van der Waals surface area contributed by atoms with E-state index in [1.54, 1.807) is 0 Å². The average molecular weight is 225 g/mol. The van der Waals surface area contributed by atoms with Crippen molar-refractivity contribution < 1.29 is 4.79 Å². The second-order valence-electron chi connectivity index (χ2n) is 4.32. The highest BCUT2D eigenvalue weighted by Crippen LogP contribution is 2.34. The minimum absolute atomic E-state index is 0.235. The summed E-state index contributed by atoms with van der Waals surface area (Å²) in [5.41, 5.74) is 0.817. The van der Waals surface area contributed by atoms with Crippen LogP contribution >= 0.6 is 0 Å². The predicted molar refractivity (Wildman–Crippen MR) is 69.6 cm³/mol. The third kappa shape index (κ3) is 3.18. The SMILES string of the molecule is CCC(CC(=O)c1ccccc1)[C]1[CH][CH][CH][CH]1. The molecule has 1 atom stereocenters. The standard InChI is InChI=1S/C16H17O/c1-2-13(14-8-6-7-9-14)12-16(17)15-10-4-3-5-11-15/h3-11,13H,2,12H2,1H3. The quantitative estimate of drug-likeness (QED) is 0.698. The van der Waals surface area contributed by atoms with Gasteiger partial charge in [0, 0.05) is 12.0 Å². The molecule has 17 heavy (non-hydrogen) atoms. The summed E-state index contributed by atoms with van der Waals surface area (Å²) in [5, 5.41) is 0. The van der Waals surface area contributed by atoms with Crippen molar-refractivity contribution in [3.8, 4) is 0 Å². The molecule has 0 N–H and O–H groups in total. The second-order valence-corrected chi connectivity index (χ2v) is 4.32. The highest BCUT2D eigenvalue weighted by atomic mass is 16.1.